The lowest BCUT2D eigenvalue weighted by atomic mass is 10.2. The zero-order valence-corrected chi connectivity index (χ0v) is 12.8. The fraction of sp³-hybridized carbons (Fsp3) is 0. The summed E-state index contributed by atoms with van der Waals surface area (Å²) >= 11 is 5.06. The van der Waals surface area contributed by atoms with E-state index in [0.717, 1.165) is 25.3 Å². The molecule has 3 N–H and O–H groups in total. The molecule has 100 valence electrons. The molecule has 0 amide bonds. The normalized spacial score (nSPS) is 10.7. The Morgan fingerprint density at radius 3 is 2.70 bits per heavy atom. The van der Waals surface area contributed by atoms with Crippen LogP contribution in [0.25, 0.3) is 10.9 Å². The number of benzene rings is 2. The molecule has 3 rings (SSSR count). The van der Waals surface area contributed by atoms with Crippen LogP contribution in [0.15, 0.2) is 62.9 Å². The van der Waals surface area contributed by atoms with Gasteiger partial charge in [-0.15, -0.1) is 0 Å². The lowest BCUT2D eigenvalue weighted by Gasteiger charge is -2.08. The van der Waals surface area contributed by atoms with Gasteiger partial charge in [-0.1, -0.05) is 52.0 Å². The van der Waals surface area contributed by atoms with E-state index in [1.807, 2.05) is 42.5 Å². The number of para-hydroxylation sites is 1. The van der Waals surface area contributed by atoms with Crippen molar-refractivity contribution in [3.05, 3.63) is 53.0 Å². The van der Waals surface area contributed by atoms with Gasteiger partial charge in [-0.25, -0.2) is 15.8 Å². The van der Waals surface area contributed by atoms with Crippen LogP contribution in [0, 0.1) is 0 Å². The first kappa shape index (κ1) is 13.4. The Hall–Kier alpha value is -1.63. The number of fused-ring (bicyclic) bond motifs is 1. The van der Waals surface area contributed by atoms with E-state index in [9.17, 15) is 0 Å². The standard InChI is InChI=1S/C14H11BrN4S/c15-9-4-3-5-10(8-9)20-13-11-6-1-2-7-12(11)17-14(18-13)19-16/h1-8H,16H2,(H,17,18,19). The molecule has 0 aliphatic carbocycles. The van der Waals surface area contributed by atoms with Crippen LogP contribution in [-0.4, -0.2) is 9.97 Å². The van der Waals surface area contributed by atoms with Gasteiger partial charge in [0.2, 0.25) is 5.95 Å². The Labute approximate surface area is 128 Å². The van der Waals surface area contributed by atoms with E-state index < -0.39 is 0 Å². The van der Waals surface area contributed by atoms with E-state index >= 15 is 0 Å². The van der Waals surface area contributed by atoms with Gasteiger partial charge in [-0.3, -0.25) is 5.43 Å². The van der Waals surface area contributed by atoms with Crippen LogP contribution in [-0.2, 0) is 0 Å². The van der Waals surface area contributed by atoms with Gasteiger partial charge in [-0.2, -0.15) is 0 Å². The summed E-state index contributed by atoms with van der Waals surface area (Å²) in [7, 11) is 0. The molecule has 0 unspecified atom stereocenters. The van der Waals surface area contributed by atoms with Crippen LogP contribution in [0.3, 0.4) is 0 Å². The van der Waals surface area contributed by atoms with Gasteiger partial charge in [0, 0.05) is 14.8 Å². The molecule has 1 heterocycles. The van der Waals surface area contributed by atoms with Crippen molar-refractivity contribution in [3.8, 4) is 0 Å². The second-order valence-electron chi connectivity index (χ2n) is 4.07. The van der Waals surface area contributed by atoms with E-state index in [1.54, 1.807) is 11.8 Å². The second-order valence-corrected chi connectivity index (χ2v) is 6.05. The van der Waals surface area contributed by atoms with E-state index in [2.05, 4.69) is 37.4 Å². The summed E-state index contributed by atoms with van der Waals surface area (Å²) in [6.45, 7) is 0. The van der Waals surface area contributed by atoms with Crippen LogP contribution in [0.5, 0.6) is 0 Å². The van der Waals surface area contributed by atoms with Crippen molar-refractivity contribution in [1.29, 1.82) is 0 Å². The number of nitrogens with one attached hydrogen (secondary N) is 1. The molecule has 3 aromatic rings. The minimum absolute atomic E-state index is 0.418. The number of nitrogens with two attached hydrogens (primary N) is 1. The molecular weight excluding hydrogens is 336 g/mol. The Balaban J connectivity index is 2.10. The van der Waals surface area contributed by atoms with Crippen molar-refractivity contribution in [3.63, 3.8) is 0 Å². The van der Waals surface area contributed by atoms with Gasteiger partial charge in [0.05, 0.1) is 5.52 Å². The third-order valence-electron chi connectivity index (χ3n) is 2.71. The zero-order valence-electron chi connectivity index (χ0n) is 10.4. The third kappa shape index (κ3) is 2.77. The largest absolute Gasteiger partial charge is 0.292 e. The average molecular weight is 347 g/mol. The molecule has 0 aliphatic heterocycles. The van der Waals surface area contributed by atoms with Crippen LogP contribution in [0.2, 0.25) is 0 Å². The third-order valence-corrected chi connectivity index (χ3v) is 4.20. The van der Waals surface area contributed by atoms with Crippen LogP contribution < -0.4 is 11.3 Å². The quantitative estimate of drug-likeness (QED) is 0.428. The van der Waals surface area contributed by atoms with Crippen molar-refractivity contribution in [2.24, 2.45) is 5.84 Å². The topological polar surface area (TPSA) is 63.8 Å². The van der Waals surface area contributed by atoms with Crippen LogP contribution >= 0.6 is 27.7 Å². The molecule has 20 heavy (non-hydrogen) atoms. The Kier molecular flexibility index (Phi) is 3.86. The first-order valence-electron chi connectivity index (χ1n) is 5.93. The highest BCUT2D eigenvalue weighted by molar-refractivity contribution is 9.10. The Bertz CT molecular complexity index is 763. The predicted molar refractivity (Wildman–Crippen MR) is 85.6 cm³/mol. The molecule has 0 radical (unpaired) electrons. The molecular formula is C14H11BrN4S. The maximum absolute atomic E-state index is 5.44. The molecule has 0 atom stereocenters. The number of hydrogen-bond donors (Lipinski definition) is 2. The van der Waals surface area contributed by atoms with Gasteiger partial charge in [0.1, 0.15) is 5.03 Å². The number of nitrogens with zero attached hydrogens (tertiary/aromatic N) is 2. The highest BCUT2D eigenvalue weighted by Crippen LogP contribution is 2.33. The molecule has 2 aromatic carbocycles. The van der Waals surface area contributed by atoms with Gasteiger partial charge < -0.3 is 0 Å². The molecule has 0 aliphatic rings. The van der Waals surface area contributed by atoms with Crippen molar-refractivity contribution in [2.75, 3.05) is 5.43 Å². The maximum atomic E-state index is 5.44. The van der Waals surface area contributed by atoms with E-state index in [0.29, 0.717) is 5.95 Å². The molecule has 0 bridgehead atoms. The fourth-order valence-electron chi connectivity index (χ4n) is 1.83. The van der Waals surface area contributed by atoms with Crippen LogP contribution in [0.4, 0.5) is 5.95 Å². The first-order valence-corrected chi connectivity index (χ1v) is 7.54. The molecule has 0 saturated heterocycles. The van der Waals surface area contributed by atoms with Crippen LogP contribution in [0.1, 0.15) is 0 Å². The number of nitrogen functional groups attached to an aromatic ring is 1. The molecule has 1 aromatic heterocycles. The summed E-state index contributed by atoms with van der Waals surface area (Å²) in [4.78, 5) is 9.89. The summed E-state index contributed by atoms with van der Waals surface area (Å²) in [6, 6.07) is 16.0. The zero-order chi connectivity index (χ0) is 13.9. The highest BCUT2D eigenvalue weighted by Gasteiger charge is 2.08. The van der Waals surface area contributed by atoms with E-state index in [-0.39, 0.29) is 0 Å². The number of anilines is 1. The predicted octanol–water partition coefficient (Wildman–Crippen LogP) is 3.83. The van der Waals surface area contributed by atoms with Gasteiger partial charge in [0.25, 0.3) is 0 Å². The maximum Gasteiger partial charge on any atom is 0.238 e. The molecule has 4 nitrogen and oxygen atoms in total. The summed E-state index contributed by atoms with van der Waals surface area (Å²) in [5.41, 5.74) is 3.38. The second kappa shape index (κ2) is 5.78. The number of rotatable bonds is 3. The SMILES string of the molecule is NNc1nc(Sc2cccc(Br)c2)c2ccccc2n1. The van der Waals surface area contributed by atoms with E-state index in [1.165, 1.54) is 0 Å². The highest BCUT2D eigenvalue weighted by atomic mass is 79.9. The minimum Gasteiger partial charge on any atom is -0.292 e. The number of hydrazine groups is 1. The first-order chi connectivity index (χ1) is 9.76. The van der Waals surface area contributed by atoms with Gasteiger partial charge >= 0.3 is 0 Å². The number of hydrogen-bond acceptors (Lipinski definition) is 5. The molecule has 0 fully saturated rings. The smallest absolute Gasteiger partial charge is 0.238 e. The van der Waals surface area contributed by atoms with Crippen molar-refractivity contribution < 1.29 is 0 Å². The van der Waals surface area contributed by atoms with Crippen molar-refractivity contribution in [2.45, 2.75) is 9.92 Å². The Morgan fingerprint density at radius 1 is 1.05 bits per heavy atom. The van der Waals surface area contributed by atoms with Gasteiger partial charge in [0.15, 0.2) is 0 Å². The Morgan fingerprint density at radius 2 is 1.90 bits per heavy atom. The summed E-state index contributed by atoms with van der Waals surface area (Å²) in [5.74, 6) is 5.85. The lowest BCUT2D eigenvalue weighted by Crippen LogP contribution is -2.10. The average Bonchev–Trinajstić information content (AvgIpc) is 2.47. The summed E-state index contributed by atoms with van der Waals surface area (Å²) in [6.07, 6.45) is 0. The lowest BCUT2D eigenvalue weighted by molar-refractivity contribution is 1.07. The number of halogens is 1. The summed E-state index contributed by atoms with van der Waals surface area (Å²) in [5, 5.41) is 1.89. The molecule has 0 saturated carbocycles. The van der Waals surface area contributed by atoms with Crippen molar-refractivity contribution >= 4 is 44.5 Å². The summed E-state index contributed by atoms with van der Waals surface area (Å²) < 4.78 is 1.04. The fourth-order valence-corrected chi connectivity index (χ4v) is 3.35. The number of aromatic nitrogens is 2. The van der Waals surface area contributed by atoms with Gasteiger partial charge in [-0.05, 0) is 24.3 Å². The monoisotopic (exact) mass is 346 g/mol. The van der Waals surface area contributed by atoms with Crippen molar-refractivity contribution in [1.82, 2.24) is 9.97 Å². The van der Waals surface area contributed by atoms with E-state index in [4.69, 9.17) is 5.84 Å². The molecule has 0 spiro atoms. The molecule has 6 heteroatoms. The minimum atomic E-state index is 0.418.